The largest absolute Gasteiger partial charge is 0.444 e. The van der Waals surface area contributed by atoms with Gasteiger partial charge in [0.25, 0.3) is 0 Å². The van der Waals surface area contributed by atoms with Crippen molar-refractivity contribution in [1.29, 1.82) is 0 Å². The zero-order valence-electron chi connectivity index (χ0n) is 13.2. The van der Waals surface area contributed by atoms with Gasteiger partial charge in [0.1, 0.15) is 5.60 Å². The molecule has 2 aromatic rings. The molecule has 0 saturated heterocycles. The van der Waals surface area contributed by atoms with Crippen molar-refractivity contribution in [2.24, 2.45) is 0 Å². The van der Waals surface area contributed by atoms with Gasteiger partial charge in [0.05, 0.1) is 23.7 Å². The van der Waals surface area contributed by atoms with Crippen molar-refractivity contribution in [2.45, 2.75) is 39.4 Å². The number of rotatable bonds is 3. The lowest BCUT2D eigenvalue weighted by Crippen LogP contribution is -2.28. The molecular formula is C14H19ClN4O3. The molecule has 0 fully saturated rings. The van der Waals surface area contributed by atoms with Gasteiger partial charge < -0.3 is 9.47 Å². The van der Waals surface area contributed by atoms with Crippen LogP contribution in [0.1, 0.15) is 39.5 Å². The minimum Gasteiger partial charge on any atom is -0.444 e. The van der Waals surface area contributed by atoms with E-state index in [0.717, 1.165) is 0 Å². The first-order chi connectivity index (χ1) is 10.2. The average Bonchev–Trinajstić information content (AvgIpc) is 2.75. The summed E-state index contributed by atoms with van der Waals surface area (Å²) in [5.74, 6) is 0. The van der Waals surface area contributed by atoms with E-state index in [4.69, 9.17) is 21.1 Å². The summed E-state index contributed by atoms with van der Waals surface area (Å²) in [6.45, 7) is 7.21. The predicted molar refractivity (Wildman–Crippen MR) is 83.3 cm³/mol. The number of fused-ring (bicyclic) bond motifs is 1. The lowest BCUT2D eigenvalue weighted by Gasteiger charge is -2.21. The Morgan fingerprint density at radius 3 is 2.73 bits per heavy atom. The second kappa shape index (κ2) is 6.10. The van der Waals surface area contributed by atoms with Crippen molar-refractivity contribution >= 4 is 29.0 Å². The molecule has 0 saturated carbocycles. The number of nitrogens with one attached hydrogen (secondary N) is 1. The highest BCUT2D eigenvalue weighted by Crippen LogP contribution is 2.26. The Morgan fingerprint density at radius 1 is 1.45 bits per heavy atom. The van der Waals surface area contributed by atoms with Gasteiger partial charge in [0, 0.05) is 13.2 Å². The van der Waals surface area contributed by atoms with Gasteiger partial charge in [-0.1, -0.05) is 11.6 Å². The summed E-state index contributed by atoms with van der Waals surface area (Å²) in [4.78, 5) is 16.2. The second-order valence-electron chi connectivity index (χ2n) is 5.80. The molecule has 0 unspecified atom stereocenters. The van der Waals surface area contributed by atoms with E-state index in [0.29, 0.717) is 22.2 Å². The third-order valence-electron chi connectivity index (χ3n) is 2.87. The quantitative estimate of drug-likeness (QED) is 0.934. The van der Waals surface area contributed by atoms with E-state index in [9.17, 15) is 4.79 Å². The van der Waals surface area contributed by atoms with Crippen molar-refractivity contribution in [3.8, 4) is 0 Å². The van der Waals surface area contributed by atoms with Gasteiger partial charge >= 0.3 is 6.09 Å². The lowest BCUT2D eigenvalue weighted by atomic mass is 10.2. The number of halogens is 1. The van der Waals surface area contributed by atoms with Gasteiger partial charge in [0.15, 0.2) is 10.8 Å². The Balaban J connectivity index is 2.42. The first-order valence-electron chi connectivity index (χ1n) is 6.78. The first-order valence-corrected chi connectivity index (χ1v) is 7.16. The average molecular weight is 327 g/mol. The highest BCUT2D eigenvalue weighted by Gasteiger charge is 2.21. The summed E-state index contributed by atoms with van der Waals surface area (Å²) in [6, 6.07) is 1.63. The van der Waals surface area contributed by atoms with Crippen LogP contribution in [0.15, 0.2) is 12.3 Å². The number of anilines is 1. The van der Waals surface area contributed by atoms with Crippen LogP contribution in [0.5, 0.6) is 0 Å². The maximum atomic E-state index is 12.0. The Hall–Kier alpha value is -1.86. The number of hydrogen-bond acceptors (Lipinski definition) is 5. The molecule has 22 heavy (non-hydrogen) atoms. The molecule has 8 heteroatoms. The third kappa shape index (κ3) is 3.66. The fraction of sp³-hybridized carbons (Fsp3) is 0.500. The Morgan fingerprint density at radius 2 is 2.14 bits per heavy atom. The van der Waals surface area contributed by atoms with E-state index in [1.54, 1.807) is 38.5 Å². The monoisotopic (exact) mass is 326 g/mol. The predicted octanol–water partition coefficient (Wildman–Crippen LogP) is 3.44. The molecule has 0 spiro atoms. The SMILES string of the molecule is CO[C@@H](C)c1c(NC(=O)OC(C)(C)C)cnc2cc(Cl)nn12. The van der Waals surface area contributed by atoms with E-state index in [2.05, 4.69) is 15.4 Å². The van der Waals surface area contributed by atoms with E-state index >= 15 is 0 Å². The number of hydrogen-bond donors (Lipinski definition) is 1. The van der Waals surface area contributed by atoms with E-state index < -0.39 is 11.7 Å². The number of aromatic nitrogens is 3. The zero-order valence-corrected chi connectivity index (χ0v) is 13.9. The highest BCUT2D eigenvalue weighted by atomic mass is 35.5. The molecule has 1 N–H and O–H groups in total. The van der Waals surface area contributed by atoms with Crippen LogP contribution in [-0.2, 0) is 9.47 Å². The smallest absolute Gasteiger partial charge is 0.412 e. The minimum atomic E-state index is -0.594. The molecule has 2 aromatic heterocycles. The van der Waals surface area contributed by atoms with Crippen molar-refractivity contribution in [2.75, 3.05) is 12.4 Å². The molecule has 0 aliphatic heterocycles. The summed E-state index contributed by atoms with van der Waals surface area (Å²) < 4.78 is 12.2. The molecule has 1 atom stereocenters. The minimum absolute atomic E-state index is 0.312. The van der Waals surface area contributed by atoms with Crippen LogP contribution >= 0.6 is 11.6 Å². The number of ether oxygens (including phenoxy) is 2. The molecule has 1 amide bonds. The summed E-state index contributed by atoms with van der Waals surface area (Å²) in [6.07, 6.45) is 0.630. The number of methoxy groups -OCH3 is 1. The van der Waals surface area contributed by atoms with Crippen LogP contribution in [-0.4, -0.2) is 33.4 Å². The van der Waals surface area contributed by atoms with E-state index in [1.807, 2.05) is 6.92 Å². The fourth-order valence-corrected chi connectivity index (χ4v) is 2.11. The zero-order chi connectivity index (χ0) is 16.5. The Labute approximate surface area is 133 Å². The molecule has 7 nitrogen and oxygen atoms in total. The summed E-state index contributed by atoms with van der Waals surface area (Å²) >= 11 is 5.92. The van der Waals surface area contributed by atoms with Gasteiger partial charge in [-0.2, -0.15) is 5.10 Å². The van der Waals surface area contributed by atoms with Gasteiger partial charge in [0.2, 0.25) is 0 Å². The number of amides is 1. The molecule has 0 aliphatic carbocycles. The number of carbonyl (C=O) groups is 1. The van der Waals surface area contributed by atoms with Crippen LogP contribution in [0.3, 0.4) is 0 Å². The fourth-order valence-electron chi connectivity index (χ4n) is 1.94. The molecular weight excluding hydrogens is 308 g/mol. The summed E-state index contributed by atoms with van der Waals surface area (Å²) in [5, 5.41) is 7.16. The maximum absolute atomic E-state index is 12.0. The summed E-state index contributed by atoms with van der Waals surface area (Å²) in [7, 11) is 1.57. The molecule has 2 heterocycles. The molecule has 120 valence electrons. The van der Waals surface area contributed by atoms with Crippen LogP contribution < -0.4 is 5.32 Å². The van der Waals surface area contributed by atoms with Crippen molar-refractivity contribution in [3.63, 3.8) is 0 Å². The molecule has 0 aromatic carbocycles. The van der Waals surface area contributed by atoms with Crippen LogP contribution in [0.2, 0.25) is 5.15 Å². The molecule has 2 rings (SSSR count). The third-order valence-corrected chi connectivity index (χ3v) is 3.05. The van der Waals surface area contributed by atoms with Crippen LogP contribution in [0.25, 0.3) is 5.65 Å². The first kappa shape index (κ1) is 16.5. The van der Waals surface area contributed by atoms with Gasteiger partial charge in [-0.3, -0.25) is 5.32 Å². The van der Waals surface area contributed by atoms with Crippen LogP contribution in [0, 0.1) is 0 Å². The van der Waals surface area contributed by atoms with E-state index in [1.165, 1.54) is 6.20 Å². The van der Waals surface area contributed by atoms with Gasteiger partial charge in [-0.25, -0.2) is 14.3 Å². The van der Waals surface area contributed by atoms with Crippen molar-refractivity contribution in [1.82, 2.24) is 14.6 Å². The van der Waals surface area contributed by atoms with Gasteiger partial charge in [-0.05, 0) is 27.7 Å². The highest BCUT2D eigenvalue weighted by molar-refractivity contribution is 6.29. The molecule has 0 radical (unpaired) electrons. The maximum Gasteiger partial charge on any atom is 0.412 e. The molecule has 0 bridgehead atoms. The number of carbonyl (C=O) groups excluding carboxylic acids is 1. The van der Waals surface area contributed by atoms with Crippen molar-refractivity contribution in [3.05, 3.63) is 23.1 Å². The Bertz CT molecular complexity index is 693. The number of nitrogens with zero attached hydrogens (tertiary/aromatic N) is 3. The lowest BCUT2D eigenvalue weighted by molar-refractivity contribution is 0.0634. The normalized spacial score (nSPS) is 13.2. The molecule has 0 aliphatic rings. The summed E-state index contributed by atoms with van der Waals surface area (Å²) in [5.41, 5.74) is 1.06. The van der Waals surface area contributed by atoms with Crippen LogP contribution in [0.4, 0.5) is 10.5 Å². The topological polar surface area (TPSA) is 77.8 Å². The van der Waals surface area contributed by atoms with E-state index in [-0.39, 0.29) is 6.10 Å². The Kier molecular flexibility index (Phi) is 4.58. The van der Waals surface area contributed by atoms with Crippen molar-refractivity contribution < 1.29 is 14.3 Å². The standard InChI is InChI=1S/C14H19ClN4O3/c1-8(21-5)12-9(17-13(20)22-14(2,3)4)7-16-11-6-10(15)18-19(11)12/h6-8H,1-5H3,(H,17,20)/t8-/m0/s1. The second-order valence-corrected chi connectivity index (χ2v) is 6.19. The van der Waals surface area contributed by atoms with Gasteiger partial charge in [-0.15, -0.1) is 0 Å².